The molecule has 7 nitrogen and oxygen atoms in total. The molecule has 136 valence electrons. The van der Waals surface area contributed by atoms with Crippen LogP contribution in [0.1, 0.15) is 17.3 Å². The Kier molecular flexibility index (Phi) is 6.42. The summed E-state index contributed by atoms with van der Waals surface area (Å²) >= 11 is 17.5. The summed E-state index contributed by atoms with van der Waals surface area (Å²) in [7, 11) is 0. The quantitative estimate of drug-likeness (QED) is 0.430. The molecule has 0 spiro atoms. The first-order valence-corrected chi connectivity index (χ1v) is 8.23. The Labute approximate surface area is 162 Å². The molecule has 2 aromatic rings. The minimum atomic E-state index is -1.19. The molecule has 26 heavy (non-hydrogen) atoms. The first-order chi connectivity index (χ1) is 12.2. The minimum Gasteiger partial charge on any atom is -0.449 e. The summed E-state index contributed by atoms with van der Waals surface area (Å²) in [5.74, 6) is -1.49. The third-order valence-electron chi connectivity index (χ3n) is 3.23. The van der Waals surface area contributed by atoms with Crippen LogP contribution < -0.4 is 5.32 Å². The van der Waals surface area contributed by atoms with Gasteiger partial charge in [-0.2, -0.15) is 0 Å². The standard InChI is InChI=1S/C16H11Cl3N2O5/c1-8(26-16(23)9-2-4-11(17)13(19)6-9)15(22)20-14-7-10(21(24)25)3-5-12(14)18/h2-8H,1H3,(H,20,22). The number of nitro benzene ring substituents is 1. The van der Waals surface area contributed by atoms with E-state index in [0.717, 1.165) is 6.07 Å². The first-order valence-electron chi connectivity index (χ1n) is 7.10. The van der Waals surface area contributed by atoms with Crippen LogP contribution in [0.4, 0.5) is 11.4 Å². The summed E-state index contributed by atoms with van der Waals surface area (Å²) < 4.78 is 5.05. The van der Waals surface area contributed by atoms with E-state index >= 15 is 0 Å². The summed E-state index contributed by atoms with van der Waals surface area (Å²) in [6.07, 6.45) is -1.19. The van der Waals surface area contributed by atoms with Gasteiger partial charge in [0, 0.05) is 12.1 Å². The summed E-state index contributed by atoms with van der Waals surface area (Å²) in [4.78, 5) is 34.4. The molecular formula is C16H11Cl3N2O5. The second-order valence-corrected chi connectivity index (χ2v) is 6.31. The van der Waals surface area contributed by atoms with Crippen LogP contribution in [0.3, 0.4) is 0 Å². The first kappa shape index (κ1) is 20.0. The van der Waals surface area contributed by atoms with Crippen LogP contribution >= 0.6 is 34.8 Å². The second-order valence-electron chi connectivity index (χ2n) is 5.09. The van der Waals surface area contributed by atoms with E-state index in [4.69, 9.17) is 39.5 Å². The average molecular weight is 418 g/mol. The lowest BCUT2D eigenvalue weighted by molar-refractivity contribution is -0.384. The monoisotopic (exact) mass is 416 g/mol. The highest BCUT2D eigenvalue weighted by Crippen LogP contribution is 2.27. The van der Waals surface area contributed by atoms with Gasteiger partial charge in [-0.1, -0.05) is 34.8 Å². The van der Waals surface area contributed by atoms with Crippen molar-refractivity contribution in [3.05, 3.63) is 67.1 Å². The van der Waals surface area contributed by atoms with Crippen molar-refractivity contribution in [2.24, 2.45) is 0 Å². The molecule has 0 aromatic heterocycles. The maximum Gasteiger partial charge on any atom is 0.338 e. The number of anilines is 1. The predicted octanol–water partition coefficient (Wildman–Crippen LogP) is 4.74. The van der Waals surface area contributed by atoms with Gasteiger partial charge in [0.15, 0.2) is 6.10 Å². The van der Waals surface area contributed by atoms with Crippen LogP contribution in [0.5, 0.6) is 0 Å². The number of esters is 1. The van der Waals surface area contributed by atoms with Crippen molar-refractivity contribution >= 4 is 58.1 Å². The van der Waals surface area contributed by atoms with Gasteiger partial charge in [-0.15, -0.1) is 0 Å². The number of rotatable bonds is 5. The Morgan fingerprint density at radius 2 is 1.73 bits per heavy atom. The molecule has 0 saturated carbocycles. The van der Waals surface area contributed by atoms with E-state index in [1.54, 1.807) is 0 Å². The highest BCUT2D eigenvalue weighted by Gasteiger charge is 2.21. The predicted molar refractivity (Wildman–Crippen MR) is 98.1 cm³/mol. The Hall–Kier alpha value is -2.35. The van der Waals surface area contributed by atoms with Gasteiger partial charge >= 0.3 is 5.97 Å². The van der Waals surface area contributed by atoms with E-state index in [0.29, 0.717) is 0 Å². The van der Waals surface area contributed by atoms with Crippen molar-refractivity contribution in [2.75, 3.05) is 5.32 Å². The third kappa shape index (κ3) is 4.85. The van der Waals surface area contributed by atoms with Crippen LogP contribution in [-0.2, 0) is 9.53 Å². The number of nitro groups is 1. The number of nitrogens with one attached hydrogen (secondary N) is 1. The van der Waals surface area contributed by atoms with Crippen molar-refractivity contribution in [1.29, 1.82) is 0 Å². The lowest BCUT2D eigenvalue weighted by Gasteiger charge is -2.14. The van der Waals surface area contributed by atoms with E-state index in [1.165, 1.54) is 37.3 Å². The van der Waals surface area contributed by atoms with E-state index in [-0.39, 0.29) is 32.0 Å². The van der Waals surface area contributed by atoms with Crippen LogP contribution in [0.25, 0.3) is 0 Å². The third-order valence-corrected chi connectivity index (χ3v) is 4.30. The molecule has 2 rings (SSSR count). The lowest BCUT2D eigenvalue weighted by Crippen LogP contribution is -2.30. The molecule has 0 aliphatic carbocycles. The minimum absolute atomic E-state index is 0.0308. The van der Waals surface area contributed by atoms with Crippen molar-refractivity contribution < 1.29 is 19.2 Å². The fourth-order valence-corrected chi connectivity index (χ4v) is 2.33. The normalized spacial score (nSPS) is 11.5. The van der Waals surface area contributed by atoms with Crippen LogP contribution in [0, 0.1) is 10.1 Å². The zero-order valence-corrected chi connectivity index (χ0v) is 15.4. The number of benzene rings is 2. The number of non-ortho nitro benzene ring substituents is 1. The molecule has 0 heterocycles. The van der Waals surface area contributed by atoms with E-state index in [9.17, 15) is 19.7 Å². The van der Waals surface area contributed by atoms with Gasteiger partial charge < -0.3 is 10.1 Å². The molecule has 2 aromatic carbocycles. The molecule has 0 radical (unpaired) electrons. The lowest BCUT2D eigenvalue weighted by atomic mass is 10.2. The number of amides is 1. The molecule has 0 aliphatic rings. The summed E-state index contributed by atoms with van der Waals surface area (Å²) in [5, 5.41) is 13.7. The van der Waals surface area contributed by atoms with Gasteiger partial charge in [0.1, 0.15) is 0 Å². The summed E-state index contributed by atoms with van der Waals surface area (Å²) in [6, 6.07) is 7.72. The zero-order chi connectivity index (χ0) is 19.4. The smallest absolute Gasteiger partial charge is 0.338 e. The van der Waals surface area contributed by atoms with Crippen molar-refractivity contribution in [2.45, 2.75) is 13.0 Å². The molecule has 0 saturated heterocycles. The fraction of sp³-hybridized carbons (Fsp3) is 0.125. The van der Waals surface area contributed by atoms with Gasteiger partial charge in [0.2, 0.25) is 0 Å². The van der Waals surface area contributed by atoms with Gasteiger partial charge in [0.25, 0.3) is 11.6 Å². The molecule has 1 amide bonds. The molecule has 1 N–H and O–H groups in total. The molecule has 1 unspecified atom stereocenters. The van der Waals surface area contributed by atoms with Gasteiger partial charge in [-0.05, 0) is 31.2 Å². The molecule has 0 aliphatic heterocycles. The number of hydrogen-bond donors (Lipinski definition) is 1. The number of ether oxygens (including phenoxy) is 1. The molecule has 1 atom stereocenters. The van der Waals surface area contributed by atoms with Crippen molar-refractivity contribution in [3.8, 4) is 0 Å². The summed E-state index contributed by atoms with van der Waals surface area (Å²) in [5.41, 5.74) is -0.0964. The second kappa shape index (κ2) is 8.35. The maximum atomic E-state index is 12.2. The Morgan fingerprint density at radius 3 is 2.35 bits per heavy atom. The zero-order valence-electron chi connectivity index (χ0n) is 13.2. The van der Waals surface area contributed by atoms with Gasteiger partial charge in [-0.25, -0.2) is 4.79 Å². The average Bonchev–Trinajstić information content (AvgIpc) is 2.58. The molecular weight excluding hydrogens is 407 g/mol. The molecule has 0 fully saturated rings. The van der Waals surface area contributed by atoms with Crippen LogP contribution in [-0.4, -0.2) is 22.9 Å². The number of carbonyl (C=O) groups excluding carboxylic acids is 2. The summed E-state index contributed by atoms with van der Waals surface area (Å²) in [6.45, 7) is 1.34. The number of nitrogens with zero attached hydrogens (tertiary/aromatic N) is 1. The van der Waals surface area contributed by atoms with Gasteiger partial charge in [0.05, 0.1) is 31.2 Å². The van der Waals surface area contributed by atoms with Crippen molar-refractivity contribution in [1.82, 2.24) is 0 Å². The van der Waals surface area contributed by atoms with E-state index in [1.807, 2.05) is 0 Å². The molecule has 10 heteroatoms. The number of carbonyl (C=O) groups is 2. The highest BCUT2D eigenvalue weighted by molar-refractivity contribution is 6.42. The number of halogens is 3. The Balaban J connectivity index is 2.07. The van der Waals surface area contributed by atoms with Gasteiger partial charge in [-0.3, -0.25) is 14.9 Å². The van der Waals surface area contributed by atoms with Crippen LogP contribution in [0.2, 0.25) is 15.1 Å². The molecule has 0 bridgehead atoms. The fourth-order valence-electron chi connectivity index (χ4n) is 1.86. The van der Waals surface area contributed by atoms with E-state index in [2.05, 4.69) is 5.32 Å². The van der Waals surface area contributed by atoms with Crippen molar-refractivity contribution in [3.63, 3.8) is 0 Å². The van der Waals surface area contributed by atoms with E-state index < -0.39 is 22.9 Å². The SMILES string of the molecule is CC(OC(=O)c1ccc(Cl)c(Cl)c1)C(=O)Nc1cc([N+](=O)[O-])ccc1Cl. The maximum absolute atomic E-state index is 12.2. The largest absolute Gasteiger partial charge is 0.449 e. The number of hydrogen-bond acceptors (Lipinski definition) is 5. The Bertz CT molecular complexity index is 888. The van der Waals surface area contributed by atoms with Crippen LogP contribution in [0.15, 0.2) is 36.4 Å². The topological polar surface area (TPSA) is 98.5 Å². The highest BCUT2D eigenvalue weighted by atomic mass is 35.5. The Morgan fingerprint density at radius 1 is 1.08 bits per heavy atom.